The van der Waals surface area contributed by atoms with Crippen LogP contribution in [0.1, 0.15) is 24.2 Å². The molecule has 0 aliphatic rings. The van der Waals surface area contributed by atoms with Gasteiger partial charge in [0.2, 0.25) is 0 Å². The maximum absolute atomic E-state index is 13.4. The number of carbonyl (C=O) groups excluding carboxylic acids is 1. The molecular formula is C12H16FNO2. The Bertz CT molecular complexity index is 391. The standard InChI is InChI=1S/C12H16FNO2/c1-7(8(2)14)12(15)9-4-5-11(16-3)10(13)6-9/h4-8H,14H2,1-3H3. The van der Waals surface area contributed by atoms with E-state index in [4.69, 9.17) is 10.5 Å². The molecule has 0 radical (unpaired) electrons. The normalized spacial score (nSPS) is 14.3. The fraction of sp³-hybridized carbons (Fsp3) is 0.417. The highest BCUT2D eigenvalue weighted by molar-refractivity contribution is 5.98. The fourth-order valence-corrected chi connectivity index (χ4v) is 1.32. The van der Waals surface area contributed by atoms with Crippen molar-refractivity contribution in [1.82, 2.24) is 0 Å². The van der Waals surface area contributed by atoms with Crippen LogP contribution in [0.25, 0.3) is 0 Å². The number of hydrogen-bond acceptors (Lipinski definition) is 3. The van der Waals surface area contributed by atoms with Crippen LogP contribution in [0.3, 0.4) is 0 Å². The Labute approximate surface area is 94.4 Å². The molecule has 16 heavy (non-hydrogen) atoms. The van der Waals surface area contributed by atoms with E-state index in [2.05, 4.69) is 0 Å². The molecule has 1 rings (SSSR count). The number of benzene rings is 1. The molecule has 1 aromatic carbocycles. The number of ether oxygens (including phenoxy) is 1. The van der Waals surface area contributed by atoms with Crippen LogP contribution in [0, 0.1) is 11.7 Å². The quantitative estimate of drug-likeness (QED) is 0.797. The highest BCUT2D eigenvalue weighted by Crippen LogP contribution is 2.20. The Kier molecular flexibility index (Phi) is 4.01. The number of halogens is 1. The van der Waals surface area contributed by atoms with Gasteiger partial charge in [-0.2, -0.15) is 0 Å². The van der Waals surface area contributed by atoms with Crippen LogP contribution in [0.15, 0.2) is 18.2 Å². The lowest BCUT2D eigenvalue weighted by molar-refractivity contribution is 0.0916. The molecule has 0 aliphatic carbocycles. The van der Waals surface area contributed by atoms with Gasteiger partial charge < -0.3 is 10.5 Å². The zero-order chi connectivity index (χ0) is 12.3. The topological polar surface area (TPSA) is 52.3 Å². The molecule has 0 aromatic heterocycles. The fourth-order valence-electron chi connectivity index (χ4n) is 1.32. The van der Waals surface area contributed by atoms with Crippen LogP contribution in [0.2, 0.25) is 0 Å². The zero-order valence-corrected chi connectivity index (χ0v) is 9.66. The Morgan fingerprint density at radius 2 is 2.06 bits per heavy atom. The predicted octanol–water partition coefficient (Wildman–Crippen LogP) is 2.00. The van der Waals surface area contributed by atoms with E-state index in [1.807, 2.05) is 0 Å². The summed E-state index contributed by atoms with van der Waals surface area (Å²) >= 11 is 0. The molecule has 0 bridgehead atoms. The van der Waals surface area contributed by atoms with Gasteiger partial charge >= 0.3 is 0 Å². The van der Waals surface area contributed by atoms with Gasteiger partial charge in [-0.25, -0.2) is 4.39 Å². The lowest BCUT2D eigenvalue weighted by atomic mass is 9.94. The van der Waals surface area contributed by atoms with Crippen LogP contribution < -0.4 is 10.5 Å². The summed E-state index contributed by atoms with van der Waals surface area (Å²) in [7, 11) is 1.38. The summed E-state index contributed by atoms with van der Waals surface area (Å²) in [6, 6.07) is 3.91. The van der Waals surface area contributed by atoms with Crippen molar-refractivity contribution in [2.24, 2.45) is 11.7 Å². The molecule has 2 unspecified atom stereocenters. The minimum absolute atomic E-state index is 0.130. The summed E-state index contributed by atoms with van der Waals surface area (Å²) in [6.45, 7) is 3.48. The van der Waals surface area contributed by atoms with Crippen LogP contribution in [-0.2, 0) is 0 Å². The summed E-state index contributed by atoms with van der Waals surface area (Å²) in [5, 5.41) is 0. The van der Waals surface area contributed by atoms with Gasteiger partial charge in [0.05, 0.1) is 7.11 Å². The molecule has 0 heterocycles. The third kappa shape index (κ3) is 2.58. The molecule has 1 aromatic rings. The Morgan fingerprint density at radius 1 is 1.44 bits per heavy atom. The minimum Gasteiger partial charge on any atom is -0.494 e. The number of ketones is 1. The molecule has 0 aliphatic heterocycles. The van der Waals surface area contributed by atoms with Gasteiger partial charge in [0.15, 0.2) is 17.3 Å². The van der Waals surface area contributed by atoms with Gasteiger partial charge in [0.1, 0.15) is 0 Å². The predicted molar refractivity (Wildman–Crippen MR) is 60.1 cm³/mol. The smallest absolute Gasteiger partial charge is 0.167 e. The van der Waals surface area contributed by atoms with Gasteiger partial charge in [-0.05, 0) is 25.1 Å². The minimum atomic E-state index is -0.537. The van der Waals surface area contributed by atoms with E-state index >= 15 is 0 Å². The summed E-state index contributed by atoms with van der Waals surface area (Å²) < 4.78 is 18.1. The average molecular weight is 225 g/mol. The summed E-state index contributed by atoms with van der Waals surface area (Å²) in [6.07, 6.45) is 0. The third-order valence-corrected chi connectivity index (χ3v) is 2.64. The lowest BCUT2D eigenvalue weighted by Crippen LogP contribution is -2.30. The van der Waals surface area contributed by atoms with E-state index in [0.29, 0.717) is 5.56 Å². The van der Waals surface area contributed by atoms with E-state index in [1.165, 1.54) is 19.2 Å². The van der Waals surface area contributed by atoms with Gasteiger partial charge in [-0.15, -0.1) is 0 Å². The first kappa shape index (κ1) is 12.6. The molecule has 4 heteroatoms. The molecular weight excluding hydrogens is 209 g/mol. The number of carbonyl (C=O) groups is 1. The molecule has 2 N–H and O–H groups in total. The molecule has 0 amide bonds. The largest absolute Gasteiger partial charge is 0.494 e. The molecule has 2 atom stereocenters. The van der Waals surface area contributed by atoms with Crippen LogP contribution in [0.5, 0.6) is 5.75 Å². The highest BCUT2D eigenvalue weighted by Gasteiger charge is 2.19. The Morgan fingerprint density at radius 3 is 2.50 bits per heavy atom. The van der Waals surface area contributed by atoms with Gasteiger partial charge in [-0.1, -0.05) is 6.92 Å². The lowest BCUT2D eigenvalue weighted by Gasteiger charge is -2.14. The number of hydrogen-bond donors (Lipinski definition) is 1. The van der Waals surface area contributed by atoms with E-state index in [1.54, 1.807) is 19.9 Å². The van der Waals surface area contributed by atoms with Crippen molar-refractivity contribution in [3.63, 3.8) is 0 Å². The van der Waals surface area contributed by atoms with E-state index < -0.39 is 5.82 Å². The third-order valence-electron chi connectivity index (χ3n) is 2.64. The van der Waals surface area contributed by atoms with Crippen LogP contribution >= 0.6 is 0 Å². The van der Waals surface area contributed by atoms with Crippen LogP contribution in [-0.4, -0.2) is 18.9 Å². The molecule has 0 fully saturated rings. The molecule has 0 saturated carbocycles. The van der Waals surface area contributed by atoms with Crippen molar-refractivity contribution in [1.29, 1.82) is 0 Å². The molecule has 3 nitrogen and oxygen atoms in total. The van der Waals surface area contributed by atoms with Crippen molar-refractivity contribution < 1.29 is 13.9 Å². The first-order chi connectivity index (χ1) is 7.47. The van der Waals surface area contributed by atoms with Gasteiger partial charge in [-0.3, -0.25) is 4.79 Å². The molecule has 0 spiro atoms. The number of Topliss-reactive ketones (excluding diaryl/α,β-unsaturated/α-hetero) is 1. The first-order valence-electron chi connectivity index (χ1n) is 5.10. The second-order valence-corrected chi connectivity index (χ2v) is 3.86. The number of nitrogens with two attached hydrogens (primary N) is 1. The molecule has 88 valence electrons. The monoisotopic (exact) mass is 225 g/mol. The van der Waals surface area contributed by atoms with Crippen molar-refractivity contribution >= 4 is 5.78 Å². The van der Waals surface area contributed by atoms with Crippen LogP contribution in [0.4, 0.5) is 4.39 Å². The first-order valence-corrected chi connectivity index (χ1v) is 5.10. The van der Waals surface area contributed by atoms with Crippen molar-refractivity contribution in [3.8, 4) is 5.75 Å². The van der Waals surface area contributed by atoms with E-state index in [0.717, 1.165) is 0 Å². The second kappa shape index (κ2) is 5.07. The highest BCUT2D eigenvalue weighted by atomic mass is 19.1. The summed E-state index contributed by atoms with van der Waals surface area (Å²) in [5.74, 6) is -0.889. The maximum Gasteiger partial charge on any atom is 0.167 e. The molecule has 0 saturated heterocycles. The van der Waals surface area contributed by atoms with Gasteiger partial charge in [0, 0.05) is 17.5 Å². The van der Waals surface area contributed by atoms with Gasteiger partial charge in [0.25, 0.3) is 0 Å². The van der Waals surface area contributed by atoms with Crippen molar-refractivity contribution in [3.05, 3.63) is 29.6 Å². The SMILES string of the molecule is COc1ccc(C(=O)C(C)C(C)N)cc1F. The number of rotatable bonds is 4. The maximum atomic E-state index is 13.4. The Hall–Kier alpha value is -1.42. The van der Waals surface area contributed by atoms with Crippen molar-refractivity contribution in [2.45, 2.75) is 19.9 Å². The average Bonchev–Trinajstić information content (AvgIpc) is 2.26. The summed E-state index contributed by atoms with van der Waals surface area (Å²) in [5.41, 5.74) is 5.95. The second-order valence-electron chi connectivity index (χ2n) is 3.86. The van der Waals surface area contributed by atoms with E-state index in [9.17, 15) is 9.18 Å². The Balaban J connectivity index is 2.97. The summed E-state index contributed by atoms with van der Waals surface area (Å²) in [4.78, 5) is 11.9. The van der Waals surface area contributed by atoms with E-state index in [-0.39, 0.29) is 23.5 Å². The number of methoxy groups -OCH3 is 1. The zero-order valence-electron chi connectivity index (χ0n) is 9.66. The van der Waals surface area contributed by atoms with Crippen molar-refractivity contribution in [2.75, 3.05) is 7.11 Å².